The van der Waals surface area contributed by atoms with Gasteiger partial charge in [-0.3, -0.25) is 0 Å². The van der Waals surface area contributed by atoms with E-state index in [1.165, 1.54) is 144 Å². The van der Waals surface area contributed by atoms with Crippen molar-refractivity contribution in [3.63, 3.8) is 0 Å². The van der Waals surface area contributed by atoms with Gasteiger partial charge in [0, 0.05) is 71.3 Å². The van der Waals surface area contributed by atoms with Crippen LogP contribution in [0.4, 0.5) is 17.1 Å². The summed E-state index contributed by atoms with van der Waals surface area (Å²) in [7, 11) is 0. The largest absolute Gasteiger partial charge is 0.456 e. The second-order valence-electron chi connectivity index (χ2n) is 33.1. The zero-order chi connectivity index (χ0) is 73.6. The van der Waals surface area contributed by atoms with Crippen LogP contribution in [0.2, 0.25) is 0 Å². The van der Waals surface area contributed by atoms with Gasteiger partial charge in [0.15, 0.2) is 0 Å². The van der Waals surface area contributed by atoms with E-state index in [0.29, 0.717) is 0 Å². The van der Waals surface area contributed by atoms with Crippen molar-refractivity contribution in [1.82, 2.24) is 0 Å². The monoisotopic (exact) mass is 1430 g/mol. The minimum Gasteiger partial charge on any atom is -0.456 e. The predicted octanol–water partition coefficient (Wildman–Crippen LogP) is 28.6. The first-order chi connectivity index (χ1) is 55.0. The Kier molecular flexibility index (Phi) is 11.5. The Morgan fingerprint density at radius 2 is 0.607 bits per heavy atom. The van der Waals surface area contributed by atoms with Crippen LogP contribution in [0.1, 0.15) is 94.5 Å². The molecule has 522 valence electrons. The first-order valence-corrected chi connectivity index (χ1v) is 39.3. The SMILES string of the molecule is CC1(C)c2cc(N(c3ccc4c(c3)C(C)(C)c3cc(-c5ccc6ccccc6c5)c5oc6ccccc6c5c3-4)c3ccc4c(c3)C3(c5ccccc5-c5ccccc53)c3cc5c(cc3-4)C3(c4ccccc4-c4ccccc43)c3ccc4oc6ccccc6c4c3-5)ccc2-c2c1cc(-c1ccccc1)c1oc3ccccc3c21. The average molecular weight is 1430 g/mol. The van der Waals surface area contributed by atoms with Gasteiger partial charge >= 0.3 is 0 Å². The molecule has 2 spiro atoms. The highest BCUT2D eigenvalue weighted by molar-refractivity contribution is 6.22. The van der Waals surface area contributed by atoms with Crippen LogP contribution >= 0.6 is 0 Å². The molecule has 0 radical (unpaired) electrons. The molecular weight excluding hydrogens is 1360 g/mol. The molecule has 0 unspecified atom stereocenters. The van der Waals surface area contributed by atoms with Crippen LogP contribution < -0.4 is 4.90 Å². The van der Waals surface area contributed by atoms with Gasteiger partial charge in [0.05, 0.1) is 10.8 Å². The Balaban J connectivity index is 0.740. The number of furan rings is 3. The lowest BCUT2D eigenvalue weighted by Crippen LogP contribution is -2.27. The highest BCUT2D eigenvalue weighted by Gasteiger charge is 2.57. The van der Waals surface area contributed by atoms with Gasteiger partial charge in [-0.2, -0.15) is 0 Å². The normalized spacial score (nSPS) is 15.1. The van der Waals surface area contributed by atoms with Crippen molar-refractivity contribution in [2.24, 2.45) is 0 Å². The van der Waals surface area contributed by atoms with Gasteiger partial charge in [-0.05, 0) is 246 Å². The molecule has 0 aliphatic heterocycles. The highest BCUT2D eigenvalue weighted by atomic mass is 16.3. The standard InChI is InChI=1S/C108H67NO3/c1-105(2)86-53-64(45-48-72(86)97-91(105)56-77(61-25-6-5-7-26-61)103-101(97)75-33-15-22-40-94(75)111-103)109(65-46-49-73-87(54-65)106(3,4)92-57-78(63-43-42-60-24-8-9-27-62(60)52-63)104-102(98(73)92)76-34-16-23-41-95(76)112-104)66-44-47-71-79-58-90-80(59-89(79)108(88(71)55-66)83-37-19-12-30-69(83)70-31-13-20-38-84(70)108)99-85(50-51-96-100(99)74-32-14-21-39-93(74)110-96)107(90)81-35-17-10-28-67(81)68-29-11-18-36-82(68)107/h5-59H,1-4H3. The van der Waals surface area contributed by atoms with Crippen LogP contribution in [0.15, 0.2) is 347 Å². The van der Waals surface area contributed by atoms with Crippen LogP contribution in [0.5, 0.6) is 0 Å². The molecule has 0 atom stereocenters. The summed E-state index contributed by atoms with van der Waals surface area (Å²) < 4.78 is 21.1. The Morgan fingerprint density at radius 1 is 0.214 bits per heavy atom. The molecule has 6 aliphatic rings. The van der Waals surface area contributed by atoms with Gasteiger partial charge in [0.25, 0.3) is 0 Å². The third-order valence-corrected chi connectivity index (χ3v) is 27.2. The number of anilines is 3. The van der Waals surface area contributed by atoms with E-state index in [4.69, 9.17) is 13.3 Å². The molecule has 3 heterocycles. The summed E-state index contributed by atoms with van der Waals surface area (Å²) in [5, 5.41) is 9.28. The van der Waals surface area contributed by atoms with Crippen molar-refractivity contribution in [3.05, 3.63) is 400 Å². The summed E-state index contributed by atoms with van der Waals surface area (Å²) in [6, 6.07) is 126. The van der Waals surface area contributed by atoms with E-state index in [-0.39, 0.29) is 0 Å². The minimum absolute atomic E-state index is 0.433. The third kappa shape index (κ3) is 7.40. The second-order valence-corrected chi connectivity index (χ2v) is 33.1. The van der Waals surface area contributed by atoms with Crippen molar-refractivity contribution in [3.8, 4) is 89.0 Å². The van der Waals surface area contributed by atoms with Crippen molar-refractivity contribution in [1.29, 1.82) is 0 Å². The number of hydrogen-bond acceptors (Lipinski definition) is 4. The fraction of sp³-hybridized carbons (Fsp3) is 0.0741. The lowest BCUT2D eigenvalue weighted by atomic mass is 9.68. The molecule has 0 fully saturated rings. The number of nitrogens with zero attached hydrogens (tertiary/aromatic N) is 1. The molecule has 6 aliphatic carbocycles. The van der Waals surface area contributed by atoms with E-state index < -0.39 is 21.7 Å². The number of benzene rings is 17. The number of para-hydroxylation sites is 3. The van der Waals surface area contributed by atoms with E-state index >= 15 is 0 Å². The Labute approximate surface area is 646 Å². The van der Waals surface area contributed by atoms with Crippen molar-refractivity contribution < 1.29 is 13.3 Å². The first kappa shape index (κ1) is 61.1. The van der Waals surface area contributed by atoms with Crippen LogP contribution in [0.25, 0.3) is 166 Å². The lowest BCUT2D eigenvalue weighted by molar-refractivity contribution is 0.657. The molecule has 0 N–H and O–H groups in total. The summed E-state index contributed by atoms with van der Waals surface area (Å²) in [5.41, 5.74) is 41.3. The molecule has 17 aromatic carbocycles. The van der Waals surface area contributed by atoms with Gasteiger partial charge in [0.1, 0.15) is 33.5 Å². The van der Waals surface area contributed by atoms with Crippen molar-refractivity contribution in [2.45, 2.75) is 49.4 Å². The summed E-state index contributed by atoms with van der Waals surface area (Å²) in [6.07, 6.45) is 0. The maximum absolute atomic E-state index is 7.13. The fourth-order valence-corrected chi connectivity index (χ4v) is 22.5. The van der Waals surface area contributed by atoms with E-state index in [0.717, 1.165) is 105 Å². The lowest BCUT2D eigenvalue weighted by Gasteiger charge is -2.33. The van der Waals surface area contributed by atoms with Crippen LogP contribution in [-0.4, -0.2) is 0 Å². The third-order valence-electron chi connectivity index (χ3n) is 27.2. The highest BCUT2D eigenvalue weighted by Crippen LogP contribution is 2.70. The predicted molar refractivity (Wildman–Crippen MR) is 459 cm³/mol. The molecule has 20 aromatic rings. The Morgan fingerprint density at radius 3 is 1.16 bits per heavy atom. The van der Waals surface area contributed by atoms with Crippen LogP contribution in [0.3, 0.4) is 0 Å². The van der Waals surface area contributed by atoms with Crippen LogP contribution in [0, 0.1) is 0 Å². The van der Waals surface area contributed by atoms with E-state index in [1.54, 1.807) is 0 Å². The Hall–Kier alpha value is -13.8. The number of hydrogen-bond donors (Lipinski definition) is 0. The number of fused-ring (bicyclic) bond motifs is 39. The van der Waals surface area contributed by atoms with Crippen molar-refractivity contribution >= 4 is 93.7 Å². The molecule has 112 heavy (non-hydrogen) atoms. The molecule has 4 nitrogen and oxygen atoms in total. The van der Waals surface area contributed by atoms with Gasteiger partial charge < -0.3 is 18.2 Å². The quantitative estimate of drug-likeness (QED) is 0.172. The van der Waals surface area contributed by atoms with E-state index in [1.807, 2.05) is 0 Å². The van der Waals surface area contributed by atoms with E-state index in [2.05, 4.69) is 366 Å². The topological polar surface area (TPSA) is 42.7 Å². The summed E-state index contributed by atoms with van der Waals surface area (Å²) in [6.45, 7) is 9.75. The van der Waals surface area contributed by atoms with Gasteiger partial charge in [-0.15, -0.1) is 0 Å². The summed E-state index contributed by atoms with van der Waals surface area (Å²) >= 11 is 0. The summed E-state index contributed by atoms with van der Waals surface area (Å²) in [5.74, 6) is 0. The summed E-state index contributed by atoms with van der Waals surface area (Å²) in [4.78, 5) is 2.60. The van der Waals surface area contributed by atoms with E-state index in [9.17, 15) is 0 Å². The first-order valence-electron chi connectivity index (χ1n) is 39.3. The van der Waals surface area contributed by atoms with Gasteiger partial charge in [0.2, 0.25) is 0 Å². The average Bonchev–Trinajstić information content (AvgIpc) is 1.48. The molecule has 0 saturated carbocycles. The number of rotatable bonds is 5. The zero-order valence-electron chi connectivity index (χ0n) is 61.9. The van der Waals surface area contributed by atoms with Crippen LogP contribution in [-0.2, 0) is 21.7 Å². The fourth-order valence-electron chi connectivity index (χ4n) is 22.5. The minimum atomic E-state index is -0.748. The smallest absolute Gasteiger partial charge is 0.143 e. The molecular formula is C108H67NO3. The Bertz CT molecular complexity index is 7630. The van der Waals surface area contributed by atoms with Gasteiger partial charge in [-0.1, -0.05) is 270 Å². The molecule has 0 bridgehead atoms. The molecule has 3 aromatic heterocycles. The van der Waals surface area contributed by atoms with Gasteiger partial charge in [-0.25, -0.2) is 0 Å². The maximum atomic E-state index is 7.13. The van der Waals surface area contributed by atoms with Crippen molar-refractivity contribution in [2.75, 3.05) is 4.90 Å². The molecule has 0 amide bonds. The zero-order valence-corrected chi connectivity index (χ0v) is 61.9. The maximum Gasteiger partial charge on any atom is 0.143 e. The molecule has 4 heteroatoms. The molecule has 0 saturated heterocycles. The molecule has 26 rings (SSSR count). The second kappa shape index (κ2) is 21.2.